The minimum atomic E-state index is -0.578. The summed E-state index contributed by atoms with van der Waals surface area (Å²) in [6.07, 6.45) is 4.62. The second kappa shape index (κ2) is 7.71. The number of rotatable bonds is 4. The zero-order valence-electron chi connectivity index (χ0n) is 17.7. The molecule has 31 heavy (non-hydrogen) atoms. The van der Waals surface area contributed by atoms with E-state index in [1.54, 1.807) is 29.9 Å². The van der Waals surface area contributed by atoms with Crippen molar-refractivity contribution in [2.24, 2.45) is 11.5 Å². The first kappa shape index (κ1) is 20.1. The predicted molar refractivity (Wildman–Crippen MR) is 124 cm³/mol. The van der Waals surface area contributed by atoms with E-state index in [1.807, 2.05) is 43.3 Å². The van der Waals surface area contributed by atoms with Crippen molar-refractivity contribution in [3.63, 3.8) is 0 Å². The Morgan fingerprint density at radius 3 is 2.71 bits per heavy atom. The molecule has 1 aliphatic heterocycles. The number of nitrogens with two attached hydrogens (primary N) is 2. The molecule has 4 N–H and O–H groups in total. The number of anilines is 1. The van der Waals surface area contributed by atoms with Crippen LogP contribution in [0.3, 0.4) is 0 Å². The Balaban J connectivity index is 1.60. The Morgan fingerprint density at radius 2 is 2.00 bits per heavy atom. The summed E-state index contributed by atoms with van der Waals surface area (Å²) in [5.74, 6) is 1.41. The number of hydrogen-bond acceptors (Lipinski definition) is 7. The topological polar surface area (TPSA) is 95.2 Å². The molecule has 7 nitrogen and oxygen atoms in total. The monoisotopic (exact) mass is 434 g/mol. The van der Waals surface area contributed by atoms with Gasteiger partial charge in [0.15, 0.2) is 0 Å². The molecule has 2 aliphatic rings. The average molecular weight is 435 g/mol. The van der Waals surface area contributed by atoms with Gasteiger partial charge in [0.1, 0.15) is 29.1 Å². The third kappa shape index (κ3) is 3.31. The van der Waals surface area contributed by atoms with Crippen LogP contribution in [0.2, 0.25) is 0 Å². The van der Waals surface area contributed by atoms with E-state index in [1.165, 1.54) is 4.91 Å². The number of ether oxygens (including phenoxy) is 1. The number of allylic oxidation sites excluding steroid dienone is 1. The van der Waals surface area contributed by atoms with Gasteiger partial charge in [-0.3, -0.25) is 0 Å². The van der Waals surface area contributed by atoms with Crippen LogP contribution in [0.15, 0.2) is 65.5 Å². The molecular formula is C23H26N6OS. The predicted octanol–water partition coefficient (Wildman–Crippen LogP) is 3.63. The lowest BCUT2D eigenvalue weighted by Gasteiger charge is -2.41. The highest BCUT2D eigenvalue weighted by Crippen LogP contribution is 2.52. The molecule has 2 atom stereocenters. The SMILES string of the molecule is COc1cc(N2C3=C(CCCC3(N)c3ccccc3)SC2N)ccc1-n1cnc(C)n1. The van der Waals surface area contributed by atoms with E-state index >= 15 is 0 Å². The fourth-order valence-electron chi connectivity index (χ4n) is 4.56. The Morgan fingerprint density at radius 1 is 1.19 bits per heavy atom. The maximum atomic E-state index is 7.13. The third-order valence-electron chi connectivity index (χ3n) is 6.00. The lowest BCUT2D eigenvalue weighted by Crippen LogP contribution is -2.49. The van der Waals surface area contributed by atoms with Crippen molar-refractivity contribution in [1.29, 1.82) is 0 Å². The second-order valence-electron chi connectivity index (χ2n) is 7.93. The van der Waals surface area contributed by atoms with Crippen LogP contribution in [0.4, 0.5) is 5.69 Å². The Kier molecular flexibility index (Phi) is 5.00. The number of hydrogen-bond donors (Lipinski definition) is 2. The Hall–Kier alpha value is -2.81. The highest BCUT2D eigenvalue weighted by molar-refractivity contribution is 8.04. The summed E-state index contributed by atoms with van der Waals surface area (Å²) < 4.78 is 7.43. The van der Waals surface area contributed by atoms with Crippen molar-refractivity contribution in [1.82, 2.24) is 14.8 Å². The van der Waals surface area contributed by atoms with E-state index < -0.39 is 5.54 Å². The fourth-order valence-corrected chi connectivity index (χ4v) is 5.84. The normalized spacial score (nSPS) is 23.2. The van der Waals surface area contributed by atoms with Crippen LogP contribution >= 0.6 is 11.8 Å². The first-order valence-corrected chi connectivity index (χ1v) is 11.3. The van der Waals surface area contributed by atoms with Gasteiger partial charge in [0.25, 0.3) is 0 Å². The quantitative estimate of drug-likeness (QED) is 0.647. The largest absolute Gasteiger partial charge is 0.494 e. The molecule has 0 radical (unpaired) electrons. The first-order chi connectivity index (χ1) is 15.0. The summed E-state index contributed by atoms with van der Waals surface area (Å²) in [4.78, 5) is 7.67. The van der Waals surface area contributed by atoms with Gasteiger partial charge >= 0.3 is 0 Å². The number of nitrogens with zero attached hydrogens (tertiary/aromatic N) is 4. The van der Waals surface area contributed by atoms with Gasteiger partial charge < -0.3 is 21.1 Å². The number of aryl methyl sites for hydroxylation is 1. The minimum Gasteiger partial charge on any atom is -0.494 e. The Labute approximate surface area is 186 Å². The summed E-state index contributed by atoms with van der Waals surface area (Å²) in [6.45, 7) is 1.86. The van der Waals surface area contributed by atoms with E-state index in [-0.39, 0.29) is 5.50 Å². The van der Waals surface area contributed by atoms with Crippen LogP contribution in [0, 0.1) is 6.92 Å². The molecule has 2 aromatic carbocycles. The van der Waals surface area contributed by atoms with Crippen molar-refractivity contribution < 1.29 is 4.74 Å². The van der Waals surface area contributed by atoms with Crippen molar-refractivity contribution in [2.75, 3.05) is 12.0 Å². The number of aromatic nitrogens is 3. The molecule has 2 unspecified atom stereocenters. The van der Waals surface area contributed by atoms with Gasteiger partial charge in [0.2, 0.25) is 0 Å². The molecule has 5 rings (SSSR count). The van der Waals surface area contributed by atoms with E-state index in [2.05, 4.69) is 27.1 Å². The second-order valence-corrected chi connectivity index (χ2v) is 9.15. The summed E-state index contributed by atoms with van der Waals surface area (Å²) in [7, 11) is 1.66. The molecule has 1 aromatic heterocycles. The molecule has 8 heteroatoms. The molecule has 3 aromatic rings. The number of methoxy groups -OCH3 is 1. The number of thioether (sulfide) groups is 1. The standard InChI is InChI=1S/C23H26N6OS/c1-15-26-14-28(27-15)18-11-10-17(13-19(18)30-2)29-21-20(31-22(29)24)9-6-12-23(21,25)16-7-4-3-5-8-16/h3-5,7-8,10-11,13-14,22H,6,9,12,24-25H2,1-2H3. The number of benzene rings is 2. The zero-order chi connectivity index (χ0) is 21.6. The van der Waals surface area contributed by atoms with Gasteiger partial charge in [-0.15, -0.1) is 0 Å². The van der Waals surface area contributed by atoms with Crippen LogP contribution in [0.5, 0.6) is 5.75 Å². The van der Waals surface area contributed by atoms with Crippen molar-refractivity contribution in [2.45, 2.75) is 37.2 Å². The Bertz CT molecular complexity index is 1140. The zero-order valence-corrected chi connectivity index (χ0v) is 18.5. The van der Waals surface area contributed by atoms with Crippen LogP contribution in [0.1, 0.15) is 30.7 Å². The molecule has 0 amide bonds. The molecular weight excluding hydrogens is 408 g/mol. The van der Waals surface area contributed by atoms with Crippen LogP contribution < -0.4 is 21.1 Å². The van der Waals surface area contributed by atoms with Crippen molar-refractivity contribution in [3.8, 4) is 11.4 Å². The smallest absolute Gasteiger partial charge is 0.147 e. The lowest BCUT2D eigenvalue weighted by atomic mass is 9.78. The summed E-state index contributed by atoms with van der Waals surface area (Å²) in [5, 5.41) is 4.41. The van der Waals surface area contributed by atoms with Gasteiger partial charge in [0.05, 0.1) is 18.3 Å². The molecule has 160 valence electrons. The molecule has 0 spiro atoms. The van der Waals surface area contributed by atoms with Gasteiger partial charge in [-0.1, -0.05) is 42.1 Å². The van der Waals surface area contributed by atoms with E-state index in [0.717, 1.165) is 41.9 Å². The molecule has 0 fully saturated rings. The first-order valence-electron chi connectivity index (χ1n) is 10.4. The summed E-state index contributed by atoms with van der Waals surface area (Å²) in [5.41, 5.74) is 16.9. The van der Waals surface area contributed by atoms with Gasteiger partial charge in [0, 0.05) is 16.7 Å². The van der Waals surface area contributed by atoms with Crippen molar-refractivity contribution >= 4 is 17.4 Å². The fraction of sp³-hybridized carbons (Fsp3) is 0.304. The molecule has 0 saturated carbocycles. The van der Waals surface area contributed by atoms with Crippen LogP contribution in [0.25, 0.3) is 5.69 Å². The minimum absolute atomic E-state index is 0.237. The van der Waals surface area contributed by atoms with Gasteiger partial charge in [-0.05, 0) is 43.9 Å². The van der Waals surface area contributed by atoms with E-state index in [0.29, 0.717) is 11.6 Å². The maximum absolute atomic E-state index is 7.13. The van der Waals surface area contributed by atoms with E-state index in [4.69, 9.17) is 16.2 Å². The molecule has 0 saturated heterocycles. The maximum Gasteiger partial charge on any atom is 0.147 e. The van der Waals surface area contributed by atoms with Crippen LogP contribution in [-0.4, -0.2) is 27.4 Å². The van der Waals surface area contributed by atoms with Crippen molar-refractivity contribution in [3.05, 3.63) is 76.8 Å². The summed E-state index contributed by atoms with van der Waals surface area (Å²) >= 11 is 1.70. The highest BCUT2D eigenvalue weighted by atomic mass is 32.2. The lowest BCUT2D eigenvalue weighted by molar-refractivity contribution is 0.410. The third-order valence-corrected chi connectivity index (χ3v) is 7.14. The van der Waals surface area contributed by atoms with Crippen LogP contribution in [-0.2, 0) is 5.54 Å². The molecule has 1 aliphatic carbocycles. The van der Waals surface area contributed by atoms with E-state index in [9.17, 15) is 0 Å². The highest BCUT2D eigenvalue weighted by Gasteiger charge is 2.46. The molecule has 0 bridgehead atoms. The summed E-state index contributed by atoms with van der Waals surface area (Å²) in [6, 6.07) is 16.4. The van der Waals surface area contributed by atoms with Gasteiger partial charge in [-0.25, -0.2) is 9.67 Å². The molecule has 2 heterocycles. The van der Waals surface area contributed by atoms with Gasteiger partial charge in [-0.2, -0.15) is 5.10 Å². The average Bonchev–Trinajstić information content (AvgIpc) is 3.37.